The van der Waals surface area contributed by atoms with Crippen LogP contribution < -0.4 is 0 Å². The van der Waals surface area contributed by atoms with Gasteiger partial charge < -0.3 is 4.74 Å². The number of carbonyl (C=O) groups is 1. The van der Waals surface area contributed by atoms with Crippen molar-refractivity contribution in [1.82, 2.24) is 0 Å². The molecule has 0 radical (unpaired) electrons. The van der Waals surface area contributed by atoms with E-state index in [0.717, 1.165) is 0 Å². The molecule has 0 amide bonds. The highest BCUT2D eigenvalue weighted by molar-refractivity contribution is 6.32. The van der Waals surface area contributed by atoms with Crippen molar-refractivity contribution in [3.8, 4) is 0 Å². The number of hydrogen-bond donors (Lipinski definition) is 0. The van der Waals surface area contributed by atoms with Crippen molar-refractivity contribution in [1.29, 1.82) is 0 Å². The van der Waals surface area contributed by atoms with Crippen LogP contribution in [-0.4, -0.2) is 12.6 Å². The first kappa shape index (κ1) is 11.7. The molecular formula is C11H10ClFO2. The van der Waals surface area contributed by atoms with E-state index in [-0.39, 0.29) is 0 Å². The fourth-order valence-corrected chi connectivity index (χ4v) is 1.17. The minimum absolute atomic E-state index is 0.306. The molecular weight excluding hydrogens is 219 g/mol. The molecule has 0 saturated carbocycles. The van der Waals surface area contributed by atoms with E-state index in [1.807, 2.05) is 0 Å². The Hall–Kier alpha value is -1.35. The Balaban J connectivity index is 2.79. The number of halogens is 2. The maximum Gasteiger partial charge on any atom is 0.330 e. The molecule has 0 saturated heterocycles. The van der Waals surface area contributed by atoms with E-state index in [1.165, 1.54) is 30.4 Å². The molecule has 1 rings (SSSR count). The van der Waals surface area contributed by atoms with Gasteiger partial charge in [-0.25, -0.2) is 9.18 Å². The zero-order valence-corrected chi connectivity index (χ0v) is 8.92. The average Bonchev–Trinajstić information content (AvgIpc) is 2.20. The maximum atomic E-state index is 12.8. The van der Waals surface area contributed by atoms with Gasteiger partial charge in [0.25, 0.3) is 0 Å². The fourth-order valence-electron chi connectivity index (χ4n) is 0.991. The molecule has 0 N–H and O–H groups in total. The summed E-state index contributed by atoms with van der Waals surface area (Å²) in [5, 5.41) is 0.386. The van der Waals surface area contributed by atoms with Crippen LogP contribution in [0.1, 0.15) is 12.5 Å². The maximum absolute atomic E-state index is 12.8. The molecule has 0 aliphatic carbocycles. The van der Waals surface area contributed by atoms with Crippen LogP contribution in [0.3, 0.4) is 0 Å². The zero-order chi connectivity index (χ0) is 11.3. The van der Waals surface area contributed by atoms with Crippen molar-refractivity contribution in [2.75, 3.05) is 6.61 Å². The highest BCUT2D eigenvalue weighted by atomic mass is 35.5. The summed E-state index contributed by atoms with van der Waals surface area (Å²) in [5.74, 6) is -0.874. The largest absolute Gasteiger partial charge is 0.463 e. The standard InChI is InChI=1S/C11H10ClFO2/c1-2-15-11(14)6-3-8-7-9(13)4-5-10(8)12/h3-7H,2H2,1H3. The fraction of sp³-hybridized carbons (Fsp3) is 0.182. The lowest BCUT2D eigenvalue weighted by molar-refractivity contribution is -0.137. The Morgan fingerprint density at radius 2 is 2.33 bits per heavy atom. The smallest absolute Gasteiger partial charge is 0.330 e. The molecule has 0 unspecified atom stereocenters. The minimum atomic E-state index is -0.474. The third-order valence-corrected chi connectivity index (χ3v) is 1.99. The number of rotatable bonds is 3. The van der Waals surface area contributed by atoms with Crippen molar-refractivity contribution in [2.24, 2.45) is 0 Å². The lowest BCUT2D eigenvalue weighted by atomic mass is 10.2. The lowest BCUT2D eigenvalue weighted by Gasteiger charge is -1.98. The second-order valence-corrected chi connectivity index (χ2v) is 3.16. The summed E-state index contributed by atoms with van der Waals surface area (Å²) < 4.78 is 17.5. The van der Waals surface area contributed by atoms with Gasteiger partial charge in [-0.05, 0) is 36.8 Å². The van der Waals surface area contributed by atoms with Gasteiger partial charge in [0.05, 0.1) is 6.61 Å². The first-order chi connectivity index (χ1) is 7.13. The summed E-state index contributed by atoms with van der Waals surface area (Å²) in [4.78, 5) is 11.0. The van der Waals surface area contributed by atoms with Gasteiger partial charge in [0.2, 0.25) is 0 Å². The second-order valence-electron chi connectivity index (χ2n) is 2.75. The van der Waals surface area contributed by atoms with Crippen molar-refractivity contribution in [3.05, 3.63) is 40.7 Å². The summed E-state index contributed by atoms with van der Waals surface area (Å²) in [6, 6.07) is 3.93. The molecule has 0 fully saturated rings. The van der Waals surface area contributed by atoms with Gasteiger partial charge in [0, 0.05) is 11.1 Å². The Bertz CT molecular complexity index is 388. The molecule has 0 aromatic heterocycles. The topological polar surface area (TPSA) is 26.3 Å². The molecule has 0 atom stereocenters. The molecule has 0 bridgehead atoms. The SMILES string of the molecule is CCOC(=O)C=Cc1cc(F)ccc1Cl. The second kappa shape index (κ2) is 5.51. The van der Waals surface area contributed by atoms with Crippen LogP contribution in [0.5, 0.6) is 0 Å². The first-order valence-electron chi connectivity index (χ1n) is 4.43. The highest BCUT2D eigenvalue weighted by Crippen LogP contribution is 2.18. The number of benzene rings is 1. The van der Waals surface area contributed by atoms with E-state index in [4.69, 9.17) is 11.6 Å². The number of hydrogen-bond acceptors (Lipinski definition) is 2. The Morgan fingerprint density at radius 1 is 1.60 bits per heavy atom. The van der Waals surface area contributed by atoms with E-state index in [0.29, 0.717) is 17.2 Å². The predicted octanol–water partition coefficient (Wildman–Crippen LogP) is 3.06. The zero-order valence-electron chi connectivity index (χ0n) is 8.17. The molecule has 15 heavy (non-hydrogen) atoms. The van der Waals surface area contributed by atoms with Crippen molar-refractivity contribution in [3.63, 3.8) is 0 Å². The van der Waals surface area contributed by atoms with Crippen LogP contribution in [-0.2, 0) is 9.53 Å². The van der Waals surface area contributed by atoms with Crippen LogP contribution in [0.4, 0.5) is 4.39 Å². The quantitative estimate of drug-likeness (QED) is 0.587. The minimum Gasteiger partial charge on any atom is -0.463 e. The van der Waals surface area contributed by atoms with Gasteiger partial charge in [-0.3, -0.25) is 0 Å². The van der Waals surface area contributed by atoms with Gasteiger partial charge in [-0.15, -0.1) is 0 Å². The van der Waals surface area contributed by atoms with Crippen molar-refractivity contribution < 1.29 is 13.9 Å². The van der Waals surface area contributed by atoms with E-state index in [1.54, 1.807) is 6.92 Å². The molecule has 0 aliphatic rings. The van der Waals surface area contributed by atoms with Crippen LogP contribution >= 0.6 is 11.6 Å². The summed E-state index contributed by atoms with van der Waals surface area (Å²) in [6.07, 6.45) is 2.63. The monoisotopic (exact) mass is 228 g/mol. The third kappa shape index (κ3) is 3.72. The average molecular weight is 229 g/mol. The van der Waals surface area contributed by atoms with E-state index < -0.39 is 11.8 Å². The van der Waals surface area contributed by atoms with Crippen LogP contribution in [0.25, 0.3) is 6.08 Å². The van der Waals surface area contributed by atoms with Gasteiger partial charge in [0.1, 0.15) is 5.82 Å². The number of ether oxygens (including phenoxy) is 1. The van der Waals surface area contributed by atoms with Crippen LogP contribution in [0, 0.1) is 5.82 Å². The molecule has 0 spiro atoms. The summed E-state index contributed by atoms with van der Waals surface area (Å²) in [5.41, 5.74) is 0.449. The van der Waals surface area contributed by atoms with Gasteiger partial charge >= 0.3 is 5.97 Å². The molecule has 2 nitrogen and oxygen atoms in total. The number of carbonyl (C=O) groups excluding carboxylic acids is 1. The van der Waals surface area contributed by atoms with Gasteiger partial charge in [0.15, 0.2) is 0 Å². The Morgan fingerprint density at radius 3 is 3.00 bits per heavy atom. The first-order valence-corrected chi connectivity index (χ1v) is 4.81. The summed E-state index contributed by atoms with van der Waals surface area (Å²) >= 11 is 5.79. The molecule has 1 aromatic carbocycles. The Kier molecular flexibility index (Phi) is 4.31. The van der Waals surface area contributed by atoms with Crippen molar-refractivity contribution >= 4 is 23.6 Å². The van der Waals surface area contributed by atoms with Crippen LogP contribution in [0.2, 0.25) is 5.02 Å². The Labute approximate surface area is 92.3 Å². The molecule has 0 heterocycles. The highest BCUT2D eigenvalue weighted by Gasteiger charge is 2.00. The normalized spacial score (nSPS) is 10.6. The van der Waals surface area contributed by atoms with E-state index in [2.05, 4.69) is 4.74 Å². The van der Waals surface area contributed by atoms with Gasteiger partial charge in [-0.2, -0.15) is 0 Å². The number of esters is 1. The van der Waals surface area contributed by atoms with Crippen molar-refractivity contribution in [2.45, 2.75) is 6.92 Å². The van der Waals surface area contributed by atoms with Gasteiger partial charge in [-0.1, -0.05) is 11.6 Å². The third-order valence-electron chi connectivity index (χ3n) is 1.64. The molecule has 0 aliphatic heterocycles. The lowest BCUT2D eigenvalue weighted by Crippen LogP contribution is -1.98. The van der Waals surface area contributed by atoms with E-state index >= 15 is 0 Å². The molecule has 1 aromatic rings. The van der Waals surface area contributed by atoms with E-state index in [9.17, 15) is 9.18 Å². The van der Waals surface area contributed by atoms with Crippen LogP contribution in [0.15, 0.2) is 24.3 Å². The summed E-state index contributed by atoms with van der Waals surface area (Å²) in [6.45, 7) is 2.01. The molecule has 4 heteroatoms. The summed E-state index contributed by atoms with van der Waals surface area (Å²) in [7, 11) is 0. The predicted molar refractivity (Wildman–Crippen MR) is 57.1 cm³/mol. The molecule has 80 valence electrons.